The molecule has 126 valence electrons. The molecule has 3 aromatic rings. The summed E-state index contributed by atoms with van der Waals surface area (Å²) in [5, 5.41) is 26.3. The number of nitro groups is 1. The number of rotatable bonds is 6. The predicted octanol–water partition coefficient (Wildman–Crippen LogP) is 2.97. The molecule has 0 amide bonds. The van der Waals surface area contributed by atoms with E-state index in [2.05, 4.69) is 42.0 Å². The molecule has 0 atom stereocenters. The van der Waals surface area contributed by atoms with Gasteiger partial charge in [0.1, 0.15) is 0 Å². The van der Waals surface area contributed by atoms with Crippen LogP contribution in [0.3, 0.4) is 0 Å². The van der Waals surface area contributed by atoms with E-state index < -0.39 is 4.92 Å². The quantitative estimate of drug-likeness (QED) is 0.386. The molecule has 0 fully saturated rings. The second kappa shape index (κ2) is 7.62. The van der Waals surface area contributed by atoms with Crippen LogP contribution in [-0.4, -0.2) is 31.3 Å². The van der Waals surface area contributed by atoms with Crippen molar-refractivity contribution in [2.45, 2.75) is 6.42 Å². The van der Waals surface area contributed by atoms with E-state index in [0.717, 1.165) is 10.2 Å². The summed E-state index contributed by atoms with van der Waals surface area (Å²) in [4.78, 5) is 10.2. The van der Waals surface area contributed by atoms with Gasteiger partial charge < -0.3 is 0 Å². The Bertz CT molecular complexity index is 891. The summed E-state index contributed by atoms with van der Waals surface area (Å²) in [6.45, 7) is 0. The summed E-state index contributed by atoms with van der Waals surface area (Å²) in [7, 11) is 0. The lowest BCUT2D eigenvalue weighted by atomic mass is 10.3. The molecule has 0 saturated carbocycles. The Labute approximate surface area is 150 Å². The zero-order valence-corrected chi connectivity index (χ0v) is 14.4. The van der Waals surface area contributed by atoms with E-state index in [-0.39, 0.29) is 5.69 Å². The van der Waals surface area contributed by atoms with Crippen LogP contribution < -0.4 is 5.43 Å². The third-order valence-corrected chi connectivity index (χ3v) is 3.77. The fraction of sp³-hybridized carbons (Fsp3) is 0.0667. The number of anilines is 1. The number of benzene rings is 2. The number of nitro benzene ring substituents is 1. The minimum atomic E-state index is -0.449. The summed E-state index contributed by atoms with van der Waals surface area (Å²) in [6, 6.07) is 13.6. The van der Waals surface area contributed by atoms with E-state index in [1.54, 1.807) is 23.0 Å². The number of tetrazole rings is 1. The highest BCUT2D eigenvalue weighted by Gasteiger charge is 2.07. The number of hydrazone groups is 1. The molecule has 0 spiro atoms. The molecule has 3 rings (SSSR count). The molecular weight excluding hydrogens is 390 g/mol. The van der Waals surface area contributed by atoms with Gasteiger partial charge in [-0.25, -0.2) is 0 Å². The van der Waals surface area contributed by atoms with E-state index >= 15 is 0 Å². The molecule has 0 unspecified atom stereocenters. The van der Waals surface area contributed by atoms with E-state index in [0.29, 0.717) is 17.9 Å². The van der Waals surface area contributed by atoms with Crippen LogP contribution in [0.2, 0.25) is 0 Å². The van der Waals surface area contributed by atoms with E-state index in [4.69, 9.17) is 0 Å². The van der Waals surface area contributed by atoms with Crippen molar-refractivity contribution in [3.63, 3.8) is 0 Å². The molecular formula is C15H12BrN7O2. The lowest BCUT2D eigenvalue weighted by Crippen LogP contribution is -2.04. The summed E-state index contributed by atoms with van der Waals surface area (Å²) >= 11 is 3.39. The number of hydrogen-bond acceptors (Lipinski definition) is 7. The molecule has 9 nitrogen and oxygen atoms in total. The molecule has 0 aliphatic heterocycles. The molecule has 25 heavy (non-hydrogen) atoms. The second-order valence-electron chi connectivity index (χ2n) is 4.91. The van der Waals surface area contributed by atoms with Crippen LogP contribution in [0.4, 0.5) is 11.4 Å². The summed E-state index contributed by atoms with van der Waals surface area (Å²) in [5.74, 6) is 0.636. The molecule has 0 aliphatic carbocycles. The number of non-ortho nitro benzene ring substituents is 1. The average Bonchev–Trinajstić information content (AvgIpc) is 3.08. The van der Waals surface area contributed by atoms with Gasteiger partial charge in [0.25, 0.3) is 5.69 Å². The van der Waals surface area contributed by atoms with Crippen LogP contribution in [-0.2, 0) is 6.42 Å². The first-order valence-electron chi connectivity index (χ1n) is 7.18. The predicted molar refractivity (Wildman–Crippen MR) is 95.8 cm³/mol. The largest absolute Gasteiger partial charge is 0.279 e. The highest BCUT2D eigenvalue weighted by Crippen LogP contribution is 2.15. The first-order chi connectivity index (χ1) is 12.1. The van der Waals surface area contributed by atoms with Gasteiger partial charge in [-0.3, -0.25) is 15.5 Å². The number of hydrogen-bond donors (Lipinski definition) is 1. The van der Waals surface area contributed by atoms with Crippen molar-refractivity contribution in [1.82, 2.24) is 20.2 Å². The fourth-order valence-corrected chi connectivity index (χ4v) is 2.29. The van der Waals surface area contributed by atoms with Crippen LogP contribution >= 0.6 is 15.9 Å². The van der Waals surface area contributed by atoms with Crippen LogP contribution in [0, 0.1) is 10.1 Å². The Morgan fingerprint density at radius 1 is 1.20 bits per heavy atom. The van der Waals surface area contributed by atoms with E-state index in [9.17, 15) is 10.1 Å². The molecule has 10 heteroatoms. The normalized spacial score (nSPS) is 10.9. The van der Waals surface area contributed by atoms with Gasteiger partial charge in [0.05, 0.1) is 16.3 Å². The summed E-state index contributed by atoms with van der Waals surface area (Å²) in [5.41, 5.74) is 4.33. The standard InChI is InChI=1S/C15H12BrN7O2/c16-11-1-5-13(6-2-11)22-15(19-20-21-22)9-10-17-18-12-3-7-14(8-4-12)23(24)25/h1-8,10,18H,9H2/b17-10-. The molecule has 1 aromatic heterocycles. The minimum absolute atomic E-state index is 0.0307. The van der Waals surface area contributed by atoms with Crippen LogP contribution in [0.25, 0.3) is 5.69 Å². The number of nitrogens with zero attached hydrogens (tertiary/aromatic N) is 6. The highest BCUT2D eigenvalue weighted by molar-refractivity contribution is 9.10. The Hall–Kier alpha value is -3.14. The summed E-state index contributed by atoms with van der Waals surface area (Å²) in [6.07, 6.45) is 2.05. The van der Waals surface area contributed by atoms with Gasteiger partial charge in [-0.15, -0.1) is 5.10 Å². The van der Waals surface area contributed by atoms with Gasteiger partial charge in [0.15, 0.2) is 5.82 Å². The smallest absolute Gasteiger partial charge is 0.269 e. The van der Waals surface area contributed by atoms with Gasteiger partial charge in [0.2, 0.25) is 0 Å². The zero-order valence-electron chi connectivity index (χ0n) is 12.8. The topological polar surface area (TPSA) is 111 Å². The maximum atomic E-state index is 10.6. The summed E-state index contributed by atoms with van der Waals surface area (Å²) < 4.78 is 2.60. The Balaban J connectivity index is 1.62. The van der Waals surface area contributed by atoms with Crippen molar-refractivity contribution >= 4 is 33.5 Å². The van der Waals surface area contributed by atoms with Gasteiger partial charge in [0, 0.05) is 29.2 Å². The SMILES string of the molecule is O=[N+]([O-])c1ccc(N/N=C\Cc2nnnn2-c2ccc(Br)cc2)cc1. The van der Waals surface area contributed by atoms with Crippen molar-refractivity contribution in [2.75, 3.05) is 5.43 Å². The van der Waals surface area contributed by atoms with Crippen molar-refractivity contribution in [1.29, 1.82) is 0 Å². The molecule has 1 heterocycles. The fourth-order valence-electron chi connectivity index (χ4n) is 2.02. The molecule has 0 radical (unpaired) electrons. The number of aromatic nitrogens is 4. The number of nitrogens with one attached hydrogen (secondary N) is 1. The van der Waals surface area contributed by atoms with Crippen molar-refractivity contribution in [3.05, 3.63) is 68.9 Å². The Kier molecular flexibility index (Phi) is 5.09. The van der Waals surface area contributed by atoms with Crippen LogP contribution in [0.5, 0.6) is 0 Å². The average molecular weight is 402 g/mol. The van der Waals surface area contributed by atoms with Crippen molar-refractivity contribution in [2.24, 2.45) is 5.10 Å². The third-order valence-electron chi connectivity index (χ3n) is 3.24. The molecule has 0 bridgehead atoms. The maximum Gasteiger partial charge on any atom is 0.269 e. The maximum absolute atomic E-state index is 10.6. The first kappa shape index (κ1) is 16.7. The lowest BCUT2D eigenvalue weighted by Gasteiger charge is -2.03. The molecule has 0 saturated heterocycles. The van der Waals surface area contributed by atoms with Crippen molar-refractivity contribution in [3.8, 4) is 5.69 Å². The molecule has 0 aliphatic rings. The zero-order chi connectivity index (χ0) is 17.6. The van der Waals surface area contributed by atoms with Gasteiger partial charge >= 0.3 is 0 Å². The van der Waals surface area contributed by atoms with Gasteiger partial charge in [-0.2, -0.15) is 9.78 Å². The Morgan fingerprint density at radius 2 is 1.92 bits per heavy atom. The minimum Gasteiger partial charge on any atom is -0.279 e. The molecule has 1 N–H and O–H groups in total. The highest BCUT2D eigenvalue weighted by atomic mass is 79.9. The Morgan fingerprint density at radius 3 is 2.60 bits per heavy atom. The van der Waals surface area contributed by atoms with Crippen molar-refractivity contribution < 1.29 is 4.92 Å². The monoisotopic (exact) mass is 401 g/mol. The van der Waals surface area contributed by atoms with Crippen LogP contribution in [0.1, 0.15) is 5.82 Å². The first-order valence-corrected chi connectivity index (χ1v) is 7.98. The third kappa shape index (κ3) is 4.23. The number of halogens is 1. The van der Waals surface area contributed by atoms with Gasteiger partial charge in [-0.05, 0) is 46.8 Å². The van der Waals surface area contributed by atoms with E-state index in [1.165, 1.54) is 12.1 Å². The lowest BCUT2D eigenvalue weighted by molar-refractivity contribution is -0.384. The van der Waals surface area contributed by atoms with E-state index in [1.807, 2.05) is 24.3 Å². The van der Waals surface area contributed by atoms with Gasteiger partial charge in [-0.1, -0.05) is 15.9 Å². The second-order valence-corrected chi connectivity index (χ2v) is 5.83. The van der Waals surface area contributed by atoms with Crippen LogP contribution in [0.15, 0.2) is 58.1 Å². The molecule has 2 aromatic carbocycles.